The van der Waals surface area contributed by atoms with E-state index in [2.05, 4.69) is 44.7 Å². The number of piperazine rings is 1. The second-order valence-electron chi connectivity index (χ2n) is 7.30. The van der Waals surface area contributed by atoms with E-state index < -0.39 is 0 Å². The van der Waals surface area contributed by atoms with Gasteiger partial charge in [0.25, 0.3) is 0 Å². The van der Waals surface area contributed by atoms with Gasteiger partial charge in [-0.3, -0.25) is 4.79 Å². The van der Waals surface area contributed by atoms with E-state index in [1.54, 1.807) is 11.3 Å². The van der Waals surface area contributed by atoms with Crippen LogP contribution in [0.5, 0.6) is 0 Å². The molecular weight excluding hydrogens is 360 g/mol. The van der Waals surface area contributed by atoms with Gasteiger partial charge in [0, 0.05) is 43.3 Å². The number of methoxy groups -OCH3 is 1. The Hall–Kier alpha value is -1.99. The Bertz CT molecular complexity index is 763. The van der Waals surface area contributed by atoms with Crippen molar-refractivity contribution in [1.29, 1.82) is 0 Å². The summed E-state index contributed by atoms with van der Waals surface area (Å²) in [6.07, 6.45) is 3.73. The number of esters is 1. The Labute approximate surface area is 163 Å². The number of carbonyl (C=O) groups excluding carboxylic acids is 1. The van der Waals surface area contributed by atoms with E-state index in [1.165, 1.54) is 12.8 Å². The van der Waals surface area contributed by atoms with Crippen LogP contribution < -0.4 is 10.2 Å². The summed E-state index contributed by atoms with van der Waals surface area (Å²) in [5, 5.41) is 14.3. The van der Waals surface area contributed by atoms with Crippen molar-refractivity contribution in [3.05, 3.63) is 29.3 Å². The number of nitrogens with one attached hydrogen (secondary N) is 1. The average Bonchev–Trinajstić information content (AvgIpc) is 3.24. The minimum atomic E-state index is -0.0732. The van der Waals surface area contributed by atoms with E-state index in [-0.39, 0.29) is 11.9 Å². The summed E-state index contributed by atoms with van der Waals surface area (Å²) in [5.41, 5.74) is 2.40. The van der Waals surface area contributed by atoms with E-state index >= 15 is 0 Å². The molecule has 0 amide bonds. The van der Waals surface area contributed by atoms with E-state index in [1.807, 2.05) is 0 Å². The van der Waals surface area contributed by atoms with Gasteiger partial charge in [-0.2, -0.15) is 0 Å². The highest BCUT2D eigenvalue weighted by Gasteiger charge is 2.29. The van der Waals surface area contributed by atoms with Crippen LogP contribution >= 0.6 is 11.3 Å². The summed E-state index contributed by atoms with van der Waals surface area (Å²) in [5.74, 6) is 0.393. The van der Waals surface area contributed by atoms with Crippen molar-refractivity contribution in [1.82, 2.24) is 15.5 Å². The maximum absolute atomic E-state index is 11.7. The highest BCUT2D eigenvalue weighted by Crippen LogP contribution is 2.39. The lowest BCUT2D eigenvalue weighted by molar-refractivity contribution is -0.146. The highest BCUT2D eigenvalue weighted by molar-refractivity contribution is 7.14. The predicted octanol–water partition coefficient (Wildman–Crippen LogP) is 3.06. The van der Waals surface area contributed by atoms with Crippen molar-refractivity contribution in [2.24, 2.45) is 5.92 Å². The van der Waals surface area contributed by atoms with Gasteiger partial charge >= 0.3 is 5.97 Å². The largest absolute Gasteiger partial charge is 0.469 e. The van der Waals surface area contributed by atoms with Crippen LogP contribution in [-0.4, -0.2) is 49.5 Å². The third-order valence-corrected chi connectivity index (χ3v) is 6.78. The summed E-state index contributed by atoms with van der Waals surface area (Å²) in [6.45, 7) is 4.19. The highest BCUT2D eigenvalue weighted by atomic mass is 32.1. The summed E-state index contributed by atoms with van der Waals surface area (Å²) in [7, 11) is 1.47. The number of hydrogen-bond donors (Lipinski definition) is 1. The number of ether oxygens (including phenoxy) is 1. The molecule has 0 unspecified atom stereocenters. The summed E-state index contributed by atoms with van der Waals surface area (Å²) in [4.78, 5) is 14.1. The number of carbonyl (C=O) groups is 1. The summed E-state index contributed by atoms with van der Waals surface area (Å²) >= 11 is 1.69. The molecule has 2 fully saturated rings. The quantitative estimate of drug-likeness (QED) is 0.815. The molecule has 0 spiro atoms. The molecule has 0 radical (unpaired) electrons. The van der Waals surface area contributed by atoms with Gasteiger partial charge in [-0.15, -0.1) is 10.2 Å². The zero-order valence-corrected chi connectivity index (χ0v) is 16.5. The lowest BCUT2D eigenvalue weighted by atomic mass is 9.82. The minimum Gasteiger partial charge on any atom is -0.469 e. The Kier molecular flexibility index (Phi) is 5.69. The van der Waals surface area contributed by atoms with Crippen molar-refractivity contribution in [2.75, 3.05) is 38.2 Å². The lowest BCUT2D eigenvalue weighted by Crippen LogP contribution is -2.43. The van der Waals surface area contributed by atoms with Crippen molar-refractivity contribution in [3.63, 3.8) is 0 Å². The monoisotopic (exact) mass is 386 g/mol. The molecule has 1 saturated carbocycles. The smallest absolute Gasteiger partial charge is 0.308 e. The van der Waals surface area contributed by atoms with E-state index in [9.17, 15) is 4.79 Å². The molecular formula is C20H26N4O2S. The Balaban J connectivity index is 1.40. The Morgan fingerprint density at radius 2 is 1.81 bits per heavy atom. The van der Waals surface area contributed by atoms with Crippen LogP contribution in [-0.2, 0) is 9.53 Å². The Morgan fingerprint density at radius 1 is 1.11 bits per heavy atom. The number of benzene rings is 1. The normalized spacial score (nSPS) is 23.2. The first-order valence-corrected chi connectivity index (χ1v) is 10.5. The fraction of sp³-hybridized carbons (Fsp3) is 0.550. The van der Waals surface area contributed by atoms with Crippen LogP contribution in [0.15, 0.2) is 24.3 Å². The van der Waals surface area contributed by atoms with Crippen LogP contribution in [0.1, 0.15) is 36.6 Å². The predicted molar refractivity (Wildman–Crippen MR) is 107 cm³/mol. The first kappa shape index (κ1) is 18.4. The van der Waals surface area contributed by atoms with Crippen molar-refractivity contribution in [3.8, 4) is 10.6 Å². The average molecular weight is 387 g/mol. The number of anilines is 1. The molecule has 144 valence electrons. The minimum absolute atomic E-state index is 0.0520. The molecule has 1 aliphatic carbocycles. The lowest BCUT2D eigenvalue weighted by Gasteiger charge is -2.29. The first-order chi connectivity index (χ1) is 13.2. The molecule has 27 heavy (non-hydrogen) atoms. The third-order valence-electron chi connectivity index (χ3n) is 5.65. The van der Waals surface area contributed by atoms with Crippen LogP contribution in [0.3, 0.4) is 0 Å². The zero-order chi connectivity index (χ0) is 18.6. The molecule has 0 atom stereocenters. The fourth-order valence-electron chi connectivity index (χ4n) is 4.00. The van der Waals surface area contributed by atoms with Gasteiger partial charge in [0.15, 0.2) is 0 Å². The molecule has 7 heteroatoms. The van der Waals surface area contributed by atoms with Gasteiger partial charge in [0.1, 0.15) is 10.0 Å². The van der Waals surface area contributed by atoms with Crippen LogP contribution in [0, 0.1) is 5.92 Å². The third kappa shape index (κ3) is 4.14. The second-order valence-corrected chi connectivity index (χ2v) is 8.31. The molecule has 1 aromatic carbocycles. The number of rotatable bonds is 4. The fourth-order valence-corrected chi connectivity index (χ4v) is 5.01. The standard InChI is InChI=1S/C20H26N4O2S/c1-26-20(25)16-4-2-14(3-5-16)18-22-23-19(27-18)15-6-8-17(9-7-15)24-12-10-21-11-13-24/h6-9,14,16,21H,2-5,10-13H2,1H3/t14-,16-. The molecule has 1 aromatic heterocycles. The maximum atomic E-state index is 11.7. The topological polar surface area (TPSA) is 67.3 Å². The maximum Gasteiger partial charge on any atom is 0.308 e. The van der Waals surface area contributed by atoms with E-state index in [4.69, 9.17) is 4.74 Å². The second kappa shape index (κ2) is 8.35. The van der Waals surface area contributed by atoms with Crippen LogP contribution in [0.2, 0.25) is 0 Å². The molecule has 2 aliphatic rings. The number of aromatic nitrogens is 2. The molecule has 2 heterocycles. The molecule has 2 aromatic rings. The SMILES string of the molecule is COC(=O)[C@H]1CC[C@H](c2nnc(-c3ccc(N4CCNCC4)cc3)s2)CC1. The van der Waals surface area contributed by atoms with E-state index in [0.29, 0.717) is 5.92 Å². The molecule has 0 bridgehead atoms. The molecule has 1 saturated heterocycles. The van der Waals surface area contributed by atoms with Crippen LogP contribution in [0.4, 0.5) is 5.69 Å². The van der Waals surface area contributed by atoms with Gasteiger partial charge in [-0.25, -0.2) is 0 Å². The number of nitrogens with zero attached hydrogens (tertiary/aromatic N) is 3. The van der Waals surface area contributed by atoms with Crippen molar-refractivity contribution < 1.29 is 9.53 Å². The van der Waals surface area contributed by atoms with Gasteiger partial charge in [-0.05, 0) is 49.9 Å². The molecule has 6 nitrogen and oxygen atoms in total. The van der Waals surface area contributed by atoms with Gasteiger partial charge in [0.05, 0.1) is 13.0 Å². The number of hydrogen-bond acceptors (Lipinski definition) is 7. The first-order valence-electron chi connectivity index (χ1n) is 9.72. The molecule has 4 rings (SSSR count). The van der Waals surface area contributed by atoms with Crippen molar-refractivity contribution >= 4 is 23.0 Å². The summed E-state index contributed by atoms with van der Waals surface area (Å²) in [6, 6.07) is 8.66. The van der Waals surface area contributed by atoms with Gasteiger partial charge in [-0.1, -0.05) is 11.3 Å². The summed E-state index contributed by atoms with van der Waals surface area (Å²) < 4.78 is 4.87. The van der Waals surface area contributed by atoms with Gasteiger partial charge < -0.3 is 15.0 Å². The zero-order valence-electron chi connectivity index (χ0n) is 15.7. The molecule has 1 N–H and O–H groups in total. The van der Waals surface area contributed by atoms with Gasteiger partial charge in [0.2, 0.25) is 0 Å². The molecule has 1 aliphatic heterocycles. The van der Waals surface area contributed by atoms with Crippen LogP contribution in [0.25, 0.3) is 10.6 Å². The van der Waals surface area contributed by atoms with E-state index in [0.717, 1.165) is 67.4 Å². The van der Waals surface area contributed by atoms with Crippen molar-refractivity contribution in [2.45, 2.75) is 31.6 Å². The Morgan fingerprint density at radius 3 is 2.48 bits per heavy atom.